The molecule has 1 saturated carbocycles. The van der Waals surface area contributed by atoms with Crippen molar-refractivity contribution in [2.45, 2.75) is 143 Å². The van der Waals surface area contributed by atoms with Crippen LogP contribution >= 0.6 is 45.3 Å². The van der Waals surface area contributed by atoms with Gasteiger partial charge in [0.1, 0.15) is 51.6 Å². The van der Waals surface area contributed by atoms with Crippen LogP contribution in [-0.4, -0.2) is 77.9 Å². The summed E-state index contributed by atoms with van der Waals surface area (Å²) in [6, 6.07) is 57.0. The third-order valence-electron chi connectivity index (χ3n) is 17.7. The number of aryl methyl sites for hydroxylation is 4. The number of nitrogens with zero attached hydrogens (tertiary/aromatic N) is 8. The molecule has 8 aromatic carbocycles. The van der Waals surface area contributed by atoms with Gasteiger partial charge in [-0.15, -0.1) is 54.0 Å². The molecule has 0 bridgehead atoms. The van der Waals surface area contributed by atoms with Crippen molar-refractivity contribution >= 4 is 69.0 Å². The van der Waals surface area contributed by atoms with Crippen LogP contribution in [0.3, 0.4) is 0 Å². The van der Waals surface area contributed by atoms with Gasteiger partial charge in [-0.05, 0) is 158 Å². The third-order valence-corrected chi connectivity index (χ3v) is 22.0. The van der Waals surface area contributed by atoms with Crippen LogP contribution in [0.25, 0.3) is 42.3 Å². The SMILES string of the molecule is CC(=O)NC(Cc1ccc(CN)cc1)c1nnc(-c2cccc(C)c2)s1.CCc1ccc(CC(NC(C)=O)c2nnc(-c3ccc(F)c(F)c3)s2)cc1.CCc1ccc(CC(NC(C)=O)c2nnc(-c3cccc(OC)c3)s2)cc1.CCc1cccc(CC(NC(=O)C2CC2)c2nnc(-c3cccc(OC(F)(F)F)c3)s2)c1. The number of halogens is 5. The van der Waals surface area contributed by atoms with E-state index in [9.17, 15) is 41.1 Å². The molecule has 4 amide bonds. The van der Waals surface area contributed by atoms with Crippen LogP contribution in [0.15, 0.2) is 188 Å². The molecule has 4 heterocycles. The first-order valence-corrected chi connectivity index (χ1v) is 39.7. The van der Waals surface area contributed by atoms with Crippen LogP contribution in [0.1, 0.15) is 149 Å². The van der Waals surface area contributed by atoms with Gasteiger partial charge in [-0.2, -0.15) is 0 Å². The number of carbonyl (C=O) groups excluding carboxylic acids is 4. The number of carbonyl (C=O) groups is 4. The van der Waals surface area contributed by atoms with Gasteiger partial charge in [0.2, 0.25) is 23.6 Å². The van der Waals surface area contributed by atoms with E-state index in [1.807, 2.05) is 84.9 Å². The zero-order chi connectivity index (χ0) is 79.8. The summed E-state index contributed by atoms with van der Waals surface area (Å²) in [6.45, 7) is 13.4. The Bertz CT molecular complexity index is 5090. The molecule has 6 N–H and O–H groups in total. The molecule has 1 aliphatic carbocycles. The van der Waals surface area contributed by atoms with E-state index >= 15 is 0 Å². The van der Waals surface area contributed by atoms with Gasteiger partial charge < -0.3 is 36.5 Å². The number of methoxy groups -OCH3 is 1. The number of amides is 4. The van der Waals surface area contributed by atoms with Gasteiger partial charge in [-0.1, -0.05) is 211 Å². The van der Waals surface area contributed by atoms with Crippen molar-refractivity contribution in [1.82, 2.24) is 62.1 Å². The molecule has 0 spiro atoms. The number of hydrogen-bond donors (Lipinski definition) is 5. The molecule has 1 aliphatic rings. The molecule has 12 aromatic rings. The normalized spacial score (nSPS) is 12.7. The van der Waals surface area contributed by atoms with Crippen molar-refractivity contribution < 1.29 is 50.6 Å². The molecule has 4 unspecified atom stereocenters. The average Bonchev–Trinajstić information content (AvgIpc) is 1.69. The van der Waals surface area contributed by atoms with Gasteiger partial charge in [0.15, 0.2) is 11.6 Å². The summed E-state index contributed by atoms with van der Waals surface area (Å²) in [7, 11) is 1.64. The number of nitrogens with two attached hydrogens (primary N) is 1. The maximum absolute atomic E-state index is 13.5. The van der Waals surface area contributed by atoms with Crippen LogP contribution in [0, 0.1) is 24.5 Å². The topological polar surface area (TPSA) is 264 Å². The van der Waals surface area contributed by atoms with Crippen LogP contribution in [-0.2, 0) is 70.7 Å². The van der Waals surface area contributed by atoms with Gasteiger partial charge >= 0.3 is 6.36 Å². The Balaban J connectivity index is 0.000000159. The molecule has 4 atom stereocenters. The highest BCUT2D eigenvalue weighted by Crippen LogP contribution is 2.37. The fourth-order valence-corrected chi connectivity index (χ4v) is 15.2. The lowest BCUT2D eigenvalue weighted by atomic mass is 10.0. The fraction of sp³-hybridized carbons (Fsp3) is 0.286. The Morgan fingerprint density at radius 2 is 0.795 bits per heavy atom. The van der Waals surface area contributed by atoms with Gasteiger partial charge in [-0.3, -0.25) is 19.2 Å². The summed E-state index contributed by atoms with van der Waals surface area (Å²) in [5, 5.41) is 51.4. The highest BCUT2D eigenvalue weighted by atomic mass is 32.1. The average molecular weight is 1600 g/mol. The first kappa shape index (κ1) is 83.6. The van der Waals surface area contributed by atoms with E-state index in [-0.39, 0.29) is 59.5 Å². The summed E-state index contributed by atoms with van der Waals surface area (Å²) in [6.07, 6.45) is 2.34. The molecular weight excluding hydrogens is 1510 g/mol. The van der Waals surface area contributed by atoms with E-state index in [2.05, 4.69) is 155 Å². The number of alkyl halides is 3. The predicted octanol–water partition coefficient (Wildman–Crippen LogP) is 17.5. The third kappa shape index (κ3) is 25.3. The predicted molar refractivity (Wildman–Crippen MR) is 429 cm³/mol. The maximum atomic E-state index is 13.5. The maximum Gasteiger partial charge on any atom is 0.573 e. The number of aromatic nitrogens is 8. The molecule has 0 aliphatic heterocycles. The first-order valence-electron chi connectivity index (χ1n) is 36.4. The zero-order valence-corrected chi connectivity index (χ0v) is 66.2. The van der Waals surface area contributed by atoms with Gasteiger partial charge in [0, 0.05) is 55.5 Å². The van der Waals surface area contributed by atoms with Crippen molar-refractivity contribution in [2.75, 3.05) is 7.11 Å². The number of rotatable bonds is 27. The number of benzene rings is 8. The minimum Gasteiger partial charge on any atom is -0.497 e. The number of ether oxygens (including phenoxy) is 2. The molecule has 19 nitrogen and oxygen atoms in total. The molecule has 4 aromatic heterocycles. The molecule has 0 radical (unpaired) electrons. The van der Waals surface area contributed by atoms with Gasteiger partial charge in [-0.25, -0.2) is 8.78 Å². The van der Waals surface area contributed by atoms with Gasteiger partial charge in [0.25, 0.3) is 0 Å². The lowest BCUT2D eigenvalue weighted by molar-refractivity contribution is -0.274. The van der Waals surface area contributed by atoms with Crippen molar-refractivity contribution in [3.05, 3.63) is 270 Å². The Morgan fingerprint density at radius 3 is 1.19 bits per heavy atom. The second-order valence-electron chi connectivity index (χ2n) is 26.5. The molecule has 112 heavy (non-hydrogen) atoms. The highest BCUT2D eigenvalue weighted by Gasteiger charge is 2.34. The van der Waals surface area contributed by atoms with Crippen LogP contribution in [0.4, 0.5) is 22.0 Å². The second kappa shape index (κ2) is 40.3. The lowest BCUT2D eigenvalue weighted by Crippen LogP contribution is -2.31. The van der Waals surface area contributed by atoms with E-state index in [4.69, 9.17) is 10.5 Å². The van der Waals surface area contributed by atoms with Crippen molar-refractivity contribution in [3.63, 3.8) is 0 Å². The van der Waals surface area contributed by atoms with Crippen LogP contribution < -0.4 is 36.5 Å². The van der Waals surface area contributed by atoms with E-state index in [1.165, 1.54) is 113 Å². The minimum atomic E-state index is -4.77. The number of hydrogen-bond acceptors (Lipinski definition) is 19. The summed E-state index contributed by atoms with van der Waals surface area (Å²) in [4.78, 5) is 47.5. The zero-order valence-electron chi connectivity index (χ0n) is 63.0. The van der Waals surface area contributed by atoms with Crippen molar-refractivity contribution in [2.24, 2.45) is 11.7 Å². The fourth-order valence-electron chi connectivity index (χ4n) is 11.7. The molecule has 0 saturated heterocycles. The second-order valence-corrected chi connectivity index (χ2v) is 30.6. The van der Waals surface area contributed by atoms with E-state index in [1.54, 1.807) is 13.2 Å². The van der Waals surface area contributed by atoms with Crippen LogP contribution in [0.5, 0.6) is 11.5 Å². The molecule has 1 fully saturated rings. The minimum absolute atomic E-state index is 0.000953. The summed E-state index contributed by atoms with van der Waals surface area (Å²) in [5.41, 5.74) is 19.0. The number of nitrogens with one attached hydrogen (secondary N) is 4. The Labute approximate surface area is 663 Å². The summed E-state index contributed by atoms with van der Waals surface area (Å²) < 4.78 is 73.5. The molecular formula is C84H86F5N13O6S4. The van der Waals surface area contributed by atoms with E-state index < -0.39 is 18.0 Å². The smallest absolute Gasteiger partial charge is 0.497 e. The Kier molecular flexibility index (Phi) is 30.1. The highest BCUT2D eigenvalue weighted by molar-refractivity contribution is 7.15. The van der Waals surface area contributed by atoms with Crippen molar-refractivity contribution in [1.29, 1.82) is 0 Å². The molecule has 582 valence electrons. The lowest BCUT2D eigenvalue weighted by Gasteiger charge is -2.16. The summed E-state index contributed by atoms with van der Waals surface area (Å²) in [5.74, 6) is -1.67. The standard InChI is InChI=1S/C23H22F3N3O2S.C21H23N3O2S.C20H19F2N3OS.C20H22N4OS/c1-2-14-5-3-6-15(11-14)12-19(27-20(30)16-9-10-16)22-29-28-21(32-22)17-7-4-8-18(13-17)31-23(24,25)26;1-4-15-8-10-16(11-9-15)12-19(22-14(2)25)21-24-23-20(27-21)17-6-5-7-18(13-17)26-3;1-3-13-4-6-14(7-5-13)10-18(23-12(2)26)20-25-24-19(27-20)15-8-9-16(21)17(22)11-15;1-13-4-3-5-17(10-13)19-23-24-20(26-19)18(22-14(2)25)11-15-6-8-16(12-21)9-7-15/h3-8,11,13,16,19H,2,9-10,12H2,1H3,(H,27,30);5-11,13,19H,4,12H2,1-3H3,(H,22,25);4-9,11,18H,3,10H2,1-2H3,(H,23,26);3-10,18H,11-12,21H2,1-2H3,(H,22,25). The summed E-state index contributed by atoms with van der Waals surface area (Å²) >= 11 is 5.51. The van der Waals surface area contributed by atoms with E-state index in [0.717, 1.165) is 109 Å². The quantitative estimate of drug-likeness (QED) is 0.0300. The first-order chi connectivity index (χ1) is 53.9. The molecule has 28 heteroatoms. The Morgan fingerprint density at radius 1 is 0.429 bits per heavy atom. The van der Waals surface area contributed by atoms with Crippen LogP contribution in [0.2, 0.25) is 0 Å². The largest absolute Gasteiger partial charge is 0.573 e. The monoisotopic (exact) mass is 1600 g/mol. The van der Waals surface area contributed by atoms with Gasteiger partial charge in [0.05, 0.1) is 31.3 Å². The molecule has 13 rings (SSSR count). The Hall–Kier alpha value is -10.9. The van der Waals surface area contributed by atoms with Crippen molar-refractivity contribution in [3.8, 4) is 53.8 Å². The van der Waals surface area contributed by atoms with E-state index in [0.29, 0.717) is 63.4 Å².